The van der Waals surface area contributed by atoms with Gasteiger partial charge in [0.1, 0.15) is 17.9 Å². The summed E-state index contributed by atoms with van der Waals surface area (Å²) >= 11 is 0. The zero-order chi connectivity index (χ0) is 28.4. The molecule has 13 heteroatoms. The molecule has 0 bridgehead atoms. The molecular formula is C26H36N8O4S. The van der Waals surface area contributed by atoms with Crippen molar-refractivity contribution in [1.29, 1.82) is 5.41 Å². The number of nitrogen functional groups attached to an aromatic ring is 1. The number of amides is 2. The van der Waals surface area contributed by atoms with Gasteiger partial charge in [-0.25, -0.2) is 13.1 Å². The molecular weight excluding hydrogens is 520 g/mol. The van der Waals surface area contributed by atoms with Crippen molar-refractivity contribution >= 4 is 33.6 Å². The second-order valence-corrected chi connectivity index (χ2v) is 11.1. The number of likely N-dealkylation sites (tertiary alicyclic amines) is 1. The smallest absolute Gasteiger partial charge is 0.243 e. The zero-order valence-corrected chi connectivity index (χ0v) is 22.5. The molecule has 9 N–H and O–H groups in total. The van der Waals surface area contributed by atoms with E-state index in [-0.39, 0.29) is 43.0 Å². The van der Waals surface area contributed by atoms with Gasteiger partial charge in [-0.1, -0.05) is 54.6 Å². The minimum atomic E-state index is -3.86. The van der Waals surface area contributed by atoms with E-state index in [1.807, 2.05) is 0 Å². The Kier molecular flexibility index (Phi) is 10.4. The maximum absolute atomic E-state index is 13.6. The topological polar surface area (TPSA) is 210 Å². The zero-order valence-electron chi connectivity index (χ0n) is 21.7. The van der Waals surface area contributed by atoms with E-state index in [9.17, 15) is 18.0 Å². The summed E-state index contributed by atoms with van der Waals surface area (Å²) in [5.74, 6) is -1.19. The van der Waals surface area contributed by atoms with Crippen LogP contribution in [0.2, 0.25) is 0 Å². The molecule has 0 radical (unpaired) electrons. The number of amidine groups is 1. The third-order valence-corrected chi connectivity index (χ3v) is 7.69. The summed E-state index contributed by atoms with van der Waals surface area (Å²) in [6.07, 6.45) is 1.62. The van der Waals surface area contributed by atoms with Gasteiger partial charge in [-0.3, -0.25) is 20.0 Å². The Hall–Kier alpha value is -3.97. The van der Waals surface area contributed by atoms with Crippen molar-refractivity contribution in [2.24, 2.45) is 22.2 Å². The van der Waals surface area contributed by atoms with E-state index in [1.165, 1.54) is 4.90 Å². The summed E-state index contributed by atoms with van der Waals surface area (Å²) in [5.41, 5.74) is 18.2. The van der Waals surface area contributed by atoms with E-state index in [1.54, 1.807) is 54.6 Å². The molecule has 210 valence electrons. The van der Waals surface area contributed by atoms with E-state index in [2.05, 4.69) is 15.0 Å². The first-order chi connectivity index (χ1) is 18.6. The van der Waals surface area contributed by atoms with Crippen LogP contribution in [0.4, 0.5) is 0 Å². The number of hydrogen-bond acceptors (Lipinski definition) is 6. The second-order valence-electron chi connectivity index (χ2n) is 9.38. The average molecular weight is 557 g/mol. The fourth-order valence-corrected chi connectivity index (χ4v) is 5.77. The van der Waals surface area contributed by atoms with Gasteiger partial charge in [0.05, 0.1) is 5.75 Å². The summed E-state index contributed by atoms with van der Waals surface area (Å²) in [5, 5.41) is 10.3. The van der Waals surface area contributed by atoms with E-state index < -0.39 is 28.0 Å². The van der Waals surface area contributed by atoms with Gasteiger partial charge < -0.3 is 27.4 Å². The third kappa shape index (κ3) is 9.07. The molecule has 39 heavy (non-hydrogen) atoms. The van der Waals surface area contributed by atoms with Gasteiger partial charge in [0.2, 0.25) is 21.8 Å². The Morgan fingerprint density at radius 2 is 1.74 bits per heavy atom. The number of nitrogens with zero attached hydrogens (tertiary/aromatic N) is 2. The summed E-state index contributed by atoms with van der Waals surface area (Å²) < 4.78 is 28.5. The van der Waals surface area contributed by atoms with Crippen LogP contribution in [0.5, 0.6) is 0 Å². The number of nitrogens with two attached hydrogens (primary N) is 3. The van der Waals surface area contributed by atoms with Gasteiger partial charge in [0.25, 0.3) is 0 Å². The predicted octanol–water partition coefficient (Wildman–Crippen LogP) is 0.120. The number of sulfonamides is 1. The number of rotatable bonds is 13. The van der Waals surface area contributed by atoms with Crippen molar-refractivity contribution in [3.05, 3.63) is 71.3 Å². The van der Waals surface area contributed by atoms with Crippen LogP contribution in [-0.2, 0) is 31.9 Å². The van der Waals surface area contributed by atoms with Crippen LogP contribution in [0.1, 0.15) is 42.4 Å². The summed E-state index contributed by atoms with van der Waals surface area (Å²) in [6.45, 7) is 0.815. The maximum atomic E-state index is 13.6. The fraction of sp³-hybridized carbons (Fsp3) is 0.385. The highest BCUT2D eigenvalue weighted by Gasteiger charge is 2.38. The maximum Gasteiger partial charge on any atom is 0.243 e. The average Bonchev–Trinajstić information content (AvgIpc) is 3.39. The minimum absolute atomic E-state index is 0.0436. The fourth-order valence-electron chi connectivity index (χ4n) is 4.40. The highest BCUT2D eigenvalue weighted by atomic mass is 32.2. The molecule has 2 aromatic carbocycles. The standard InChI is InChI=1S/C26H36N8O4S/c27-23(28)20-12-10-18(11-13-20)16-32-24(35)22-9-5-15-34(22)25(36)21(8-4-14-31-26(29)30)33-39(37,38)17-19-6-2-1-3-7-19/h1-3,6-7,10-13,21-22,33H,4-5,8-9,14-17H2,(H3,27,28)(H,32,35)(H4,29,30,31). The number of guanidine groups is 1. The Morgan fingerprint density at radius 3 is 2.38 bits per heavy atom. The van der Waals surface area contributed by atoms with Crippen molar-refractivity contribution in [2.45, 2.75) is 50.1 Å². The van der Waals surface area contributed by atoms with E-state index in [0.29, 0.717) is 36.9 Å². The van der Waals surface area contributed by atoms with Gasteiger partial charge >= 0.3 is 0 Å². The van der Waals surface area contributed by atoms with Gasteiger partial charge in [-0.2, -0.15) is 0 Å². The number of carbonyl (C=O) groups excluding carboxylic acids is 2. The van der Waals surface area contributed by atoms with Crippen LogP contribution in [0.25, 0.3) is 0 Å². The third-order valence-electron chi connectivity index (χ3n) is 6.33. The molecule has 1 aliphatic heterocycles. The van der Waals surface area contributed by atoms with E-state index >= 15 is 0 Å². The van der Waals surface area contributed by atoms with Crippen molar-refractivity contribution in [3.8, 4) is 0 Å². The molecule has 1 heterocycles. The number of nitrogens with one attached hydrogen (secondary N) is 3. The van der Waals surface area contributed by atoms with Gasteiger partial charge in [0, 0.05) is 25.2 Å². The number of hydrogen-bond donors (Lipinski definition) is 6. The van der Waals surface area contributed by atoms with E-state index in [4.69, 9.17) is 22.6 Å². The molecule has 1 fully saturated rings. The van der Waals surface area contributed by atoms with Crippen LogP contribution < -0.4 is 27.2 Å². The lowest BCUT2D eigenvalue weighted by Crippen LogP contribution is -2.53. The van der Waals surface area contributed by atoms with Crippen LogP contribution >= 0.6 is 0 Å². The van der Waals surface area contributed by atoms with Gasteiger partial charge in [-0.05, 0) is 36.8 Å². The summed E-state index contributed by atoms with van der Waals surface area (Å²) in [6, 6.07) is 13.8. The Balaban J connectivity index is 1.69. The van der Waals surface area contributed by atoms with Crippen molar-refractivity contribution < 1.29 is 18.0 Å². The second kappa shape index (κ2) is 13.7. The first-order valence-corrected chi connectivity index (χ1v) is 14.3. The lowest BCUT2D eigenvalue weighted by molar-refractivity contribution is -0.139. The van der Waals surface area contributed by atoms with Gasteiger partial charge in [-0.15, -0.1) is 0 Å². The molecule has 2 unspecified atom stereocenters. The predicted molar refractivity (Wildman–Crippen MR) is 150 cm³/mol. The molecule has 0 spiro atoms. The quantitative estimate of drug-likeness (QED) is 0.114. The Bertz CT molecular complexity index is 1280. The van der Waals surface area contributed by atoms with Crippen LogP contribution in [0.3, 0.4) is 0 Å². The molecule has 1 saturated heterocycles. The van der Waals surface area contributed by atoms with Crippen LogP contribution in [-0.4, -0.2) is 62.1 Å². The number of carbonyl (C=O) groups is 2. The molecule has 1 aliphatic rings. The van der Waals surface area contributed by atoms with Crippen LogP contribution in [0.15, 0.2) is 59.6 Å². The molecule has 3 rings (SSSR count). The molecule has 0 aromatic heterocycles. The van der Waals surface area contributed by atoms with Crippen molar-refractivity contribution in [3.63, 3.8) is 0 Å². The summed E-state index contributed by atoms with van der Waals surface area (Å²) in [7, 11) is -3.86. The normalized spacial score (nSPS) is 15.9. The Morgan fingerprint density at radius 1 is 1.05 bits per heavy atom. The molecule has 2 atom stereocenters. The minimum Gasteiger partial charge on any atom is -0.384 e. The molecule has 12 nitrogen and oxygen atoms in total. The first kappa shape index (κ1) is 29.6. The van der Waals surface area contributed by atoms with Crippen molar-refractivity contribution in [1.82, 2.24) is 14.9 Å². The molecule has 0 saturated carbocycles. The molecule has 0 aliphatic carbocycles. The largest absolute Gasteiger partial charge is 0.384 e. The first-order valence-electron chi connectivity index (χ1n) is 12.7. The van der Waals surface area contributed by atoms with Gasteiger partial charge in [0.15, 0.2) is 5.96 Å². The highest BCUT2D eigenvalue weighted by molar-refractivity contribution is 7.88. The monoisotopic (exact) mass is 556 g/mol. The highest BCUT2D eigenvalue weighted by Crippen LogP contribution is 2.21. The molecule has 2 aromatic rings. The molecule has 2 amide bonds. The van der Waals surface area contributed by atoms with Crippen LogP contribution in [0, 0.1) is 5.41 Å². The number of benzene rings is 2. The SMILES string of the molecule is N=C(N)c1ccc(CNC(=O)C2CCCN2C(=O)C(CCCN=C(N)N)NS(=O)(=O)Cc2ccccc2)cc1. The Labute approximate surface area is 228 Å². The number of aliphatic imine (C=N–C) groups is 1. The van der Waals surface area contributed by atoms with E-state index in [0.717, 1.165) is 5.56 Å². The lowest BCUT2D eigenvalue weighted by Gasteiger charge is -2.28. The lowest BCUT2D eigenvalue weighted by atomic mass is 10.1. The summed E-state index contributed by atoms with van der Waals surface area (Å²) in [4.78, 5) is 32.0. The van der Waals surface area contributed by atoms with Crippen molar-refractivity contribution in [2.75, 3.05) is 13.1 Å².